The molecule has 26 heavy (non-hydrogen) atoms. The van der Waals surface area contributed by atoms with Crippen LogP contribution in [0.5, 0.6) is 0 Å². The van der Waals surface area contributed by atoms with E-state index >= 15 is 0 Å². The summed E-state index contributed by atoms with van der Waals surface area (Å²) < 4.78 is 5.78. The molecule has 2 rings (SSSR count). The number of hydrazine groups is 1. The number of H-pyrrole nitrogens is 1. The number of hydrazone groups is 1. The van der Waals surface area contributed by atoms with Crippen molar-refractivity contribution in [3.05, 3.63) is 32.6 Å². The lowest BCUT2D eigenvalue weighted by Crippen LogP contribution is -2.53. The quantitative estimate of drug-likeness (QED) is 0.629. The molecule has 0 spiro atoms. The van der Waals surface area contributed by atoms with Gasteiger partial charge in [0.2, 0.25) is 17.4 Å². The number of hydrogen-bond donors (Lipinski definition) is 2. The van der Waals surface area contributed by atoms with E-state index < -0.39 is 29.4 Å². The van der Waals surface area contributed by atoms with E-state index in [0.717, 1.165) is 16.3 Å². The van der Waals surface area contributed by atoms with Gasteiger partial charge in [0.25, 0.3) is 5.56 Å². The van der Waals surface area contributed by atoms with Crippen LogP contribution in [-0.2, 0) is 14.3 Å². The number of thioether (sulfide) groups is 1. The first-order valence-electron chi connectivity index (χ1n) is 7.73. The highest BCUT2D eigenvalue weighted by Crippen LogP contribution is 2.25. The van der Waals surface area contributed by atoms with Gasteiger partial charge >= 0.3 is 11.7 Å². The molecular formula is C14H20N6O5S. The standard InChI is InChI=1S/C14H20N6O5S/c1-5-25-11(23)7-26-13-17-18(4)14(20(13)16-9(3)21)19-10(22)6-8(2)15-12(19)24/h6,14H,5,7H2,1-4H3,(H,15,24)(H,16,21). The number of carbonyl (C=O) groups excluding carboxylic acids is 2. The number of hydrogen-bond acceptors (Lipinski definition) is 9. The van der Waals surface area contributed by atoms with Gasteiger partial charge < -0.3 is 9.72 Å². The van der Waals surface area contributed by atoms with Gasteiger partial charge in [0, 0.05) is 25.7 Å². The van der Waals surface area contributed by atoms with E-state index in [1.165, 1.54) is 23.0 Å². The Balaban J connectivity index is 2.35. The average Bonchev–Trinajstić information content (AvgIpc) is 2.80. The van der Waals surface area contributed by atoms with Crippen molar-refractivity contribution in [1.82, 2.24) is 25.0 Å². The fourth-order valence-electron chi connectivity index (χ4n) is 2.32. The first kappa shape index (κ1) is 19.6. The average molecular weight is 384 g/mol. The van der Waals surface area contributed by atoms with Gasteiger partial charge in [-0.1, -0.05) is 11.8 Å². The summed E-state index contributed by atoms with van der Waals surface area (Å²) >= 11 is 1.02. The lowest BCUT2D eigenvalue weighted by Gasteiger charge is -2.29. The van der Waals surface area contributed by atoms with Crippen LogP contribution in [0.3, 0.4) is 0 Å². The molecule has 1 atom stereocenters. The van der Waals surface area contributed by atoms with Crippen molar-refractivity contribution in [3.8, 4) is 0 Å². The maximum absolute atomic E-state index is 12.3. The first-order chi connectivity index (χ1) is 12.2. The Morgan fingerprint density at radius 1 is 1.42 bits per heavy atom. The van der Waals surface area contributed by atoms with E-state index in [9.17, 15) is 19.2 Å². The summed E-state index contributed by atoms with van der Waals surface area (Å²) in [7, 11) is 1.54. The number of carbonyl (C=O) groups is 2. The second-order valence-electron chi connectivity index (χ2n) is 5.40. The van der Waals surface area contributed by atoms with Crippen LogP contribution in [-0.4, -0.2) is 56.0 Å². The van der Waals surface area contributed by atoms with E-state index in [1.807, 2.05) is 0 Å². The fourth-order valence-corrected chi connectivity index (χ4v) is 3.12. The number of esters is 1. The number of amides is 1. The summed E-state index contributed by atoms with van der Waals surface area (Å²) in [6.07, 6.45) is -1.01. The zero-order chi connectivity index (χ0) is 19.4. The largest absolute Gasteiger partial charge is 0.465 e. The van der Waals surface area contributed by atoms with E-state index in [0.29, 0.717) is 5.69 Å². The molecule has 12 heteroatoms. The van der Waals surface area contributed by atoms with Crippen LogP contribution in [0, 0.1) is 6.92 Å². The van der Waals surface area contributed by atoms with Crippen molar-refractivity contribution in [1.29, 1.82) is 0 Å². The van der Waals surface area contributed by atoms with Crippen LogP contribution in [0.2, 0.25) is 0 Å². The molecule has 1 aromatic heterocycles. The number of amidine groups is 1. The second-order valence-corrected chi connectivity index (χ2v) is 6.34. The van der Waals surface area contributed by atoms with Gasteiger partial charge in [0.15, 0.2) is 0 Å². The molecule has 11 nitrogen and oxygen atoms in total. The minimum absolute atomic E-state index is 0.0392. The number of nitrogens with zero attached hydrogens (tertiary/aromatic N) is 4. The summed E-state index contributed by atoms with van der Waals surface area (Å²) in [6.45, 7) is 4.82. The molecule has 1 aromatic rings. The molecule has 1 aliphatic rings. The van der Waals surface area contributed by atoms with Gasteiger partial charge in [0.1, 0.15) is 0 Å². The molecular weight excluding hydrogens is 364 g/mol. The molecule has 0 saturated carbocycles. The van der Waals surface area contributed by atoms with Crippen molar-refractivity contribution in [2.75, 3.05) is 19.4 Å². The molecule has 0 aliphatic carbocycles. The van der Waals surface area contributed by atoms with Crippen molar-refractivity contribution in [2.24, 2.45) is 5.10 Å². The van der Waals surface area contributed by atoms with Crippen LogP contribution in [0.15, 0.2) is 20.8 Å². The highest BCUT2D eigenvalue weighted by molar-refractivity contribution is 8.14. The van der Waals surface area contributed by atoms with Gasteiger partial charge in [-0.15, -0.1) is 5.10 Å². The number of aromatic nitrogens is 2. The Hall–Kier alpha value is -2.76. The SMILES string of the molecule is CCOC(=O)CSC1=NN(C)C(n2c(=O)cc(C)[nH]c2=O)N1NC(C)=O. The molecule has 0 fully saturated rings. The Morgan fingerprint density at radius 2 is 2.12 bits per heavy atom. The Morgan fingerprint density at radius 3 is 2.69 bits per heavy atom. The highest BCUT2D eigenvalue weighted by Gasteiger charge is 2.37. The van der Waals surface area contributed by atoms with Crippen LogP contribution < -0.4 is 16.7 Å². The number of aryl methyl sites for hydroxylation is 1. The minimum Gasteiger partial charge on any atom is -0.465 e. The molecule has 0 aromatic carbocycles. The molecule has 1 amide bonds. The van der Waals surface area contributed by atoms with E-state index in [2.05, 4.69) is 15.5 Å². The molecule has 0 bridgehead atoms. The van der Waals surface area contributed by atoms with Gasteiger partial charge in [0.05, 0.1) is 12.4 Å². The molecule has 142 valence electrons. The number of nitrogens with one attached hydrogen (secondary N) is 2. The van der Waals surface area contributed by atoms with Gasteiger partial charge in [-0.25, -0.2) is 14.4 Å². The summed E-state index contributed by atoms with van der Waals surface area (Å²) in [5.41, 5.74) is 1.75. The van der Waals surface area contributed by atoms with E-state index in [4.69, 9.17) is 4.74 Å². The predicted molar refractivity (Wildman–Crippen MR) is 95.0 cm³/mol. The van der Waals surface area contributed by atoms with E-state index in [-0.39, 0.29) is 17.5 Å². The molecule has 2 heterocycles. The van der Waals surface area contributed by atoms with Gasteiger partial charge in [-0.05, 0) is 13.8 Å². The van der Waals surface area contributed by atoms with Crippen molar-refractivity contribution >= 4 is 28.8 Å². The lowest BCUT2D eigenvalue weighted by molar-refractivity contribution is -0.139. The maximum Gasteiger partial charge on any atom is 0.331 e. The zero-order valence-corrected chi connectivity index (χ0v) is 15.6. The van der Waals surface area contributed by atoms with Crippen molar-refractivity contribution in [2.45, 2.75) is 27.1 Å². The van der Waals surface area contributed by atoms with E-state index in [1.54, 1.807) is 20.9 Å². The van der Waals surface area contributed by atoms with Crippen LogP contribution >= 0.6 is 11.8 Å². The molecule has 0 radical (unpaired) electrons. The first-order valence-corrected chi connectivity index (χ1v) is 8.72. The van der Waals surface area contributed by atoms with Gasteiger partial charge in [-0.2, -0.15) is 0 Å². The summed E-state index contributed by atoms with van der Waals surface area (Å²) in [4.78, 5) is 50.3. The molecule has 1 unspecified atom stereocenters. The topological polar surface area (TPSA) is 129 Å². The van der Waals surface area contributed by atoms with Gasteiger partial charge in [-0.3, -0.25) is 24.8 Å². The number of ether oxygens (including phenoxy) is 1. The molecule has 0 saturated heterocycles. The predicted octanol–water partition coefficient (Wildman–Crippen LogP) is -0.833. The monoisotopic (exact) mass is 384 g/mol. The smallest absolute Gasteiger partial charge is 0.331 e. The normalized spacial score (nSPS) is 16.5. The maximum atomic E-state index is 12.3. The lowest BCUT2D eigenvalue weighted by atomic mass is 10.4. The molecule has 1 aliphatic heterocycles. The second kappa shape index (κ2) is 8.08. The minimum atomic E-state index is -1.01. The third-order valence-electron chi connectivity index (χ3n) is 3.25. The summed E-state index contributed by atoms with van der Waals surface area (Å²) in [5.74, 6) is -0.909. The summed E-state index contributed by atoms with van der Waals surface area (Å²) in [6, 6.07) is 1.27. The zero-order valence-electron chi connectivity index (χ0n) is 14.8. The number of aromatic amines is 1. The molecule has 2 N–H and O–H groups in total. The fraction of sp³-hybridized carbons (Fsp3) is 0.500. The Labute approximate surface area is 153 Å². The Kier molecular flexibility index (Phi) is 6.08. The van der Waals surface area contributed by atoms with Crippen LogP contribution in [0.1, 0.15) is 25.8 Å². The van der Waals surface area contributed by atoms with Crippen molar-refractivity contribution in [3.63, 3.8) is 0 Å². The number of rotatable bonds is 5. The highest BCUT2D eigenvalue weighted by atomic mass is 32.2. The van der Waals surface area contributed by atoms with Crippen LogP contribution in [0.25, 0.3) is 0 Å². The van der Waals surface area contributed by atoms with Crippen molar-refractivity contribution < 1.29 is 14.3 Å². The third kappa shape index (κ3) is 4.25. The van der Waals surface area contributed by atoms with Crippen LogP contribution in [0.4, 0.5) is 0 Å². The Bertz CT molecular complexity index is 816. The summed E-state index contributed by atoms with van der Waals surface area (Å²) in [5, 5.41) is 7.07. The third-order valence-corrected chi connectivity index (χ3v) is 4.16.